The average Bonchev–Trinajstić information content (AvgIpc) is 2.85. The second-order valence-electron chi connectivity index (χ2n) is 4.65. The van der Waals surface area contributed by atoms with Crippen molar-refractivity contribution in [2.24, 2.45) is 12.5 Å². The van der Waals surface area contributed by atoms with Crippen molar-refractivity contribution in [3.8, 4) is 0 Å². The van der Waals surface area contributed by atoms with E-state index >= 15 is 0 Å². The van der Waals surface area contributed by atoms with Gasteiger partial charge in [-0.2, -0.15) is 5.10 Å². The molecule has 0 spiro atoms. The molecule has 0 amide bonds. The number of halogens is 1. The van der Waals surface area contributed by atoms with E-state index in [1.165, 1.54) is 18.5 Å². The van der Waals surface area contributed by atoms with Crippen molar-refractivity contribution in [2.45, 2.75) is 32.7 Å². The van der Waals surface area contributed by atoms with Crippen LogP contribution in [0.2, 0.25) is 0 Å². The van der Waals surface area contributed by atoms with Gasteiger partial charge in [0, 0.05) is 7.05 Å². The van der Waals surface area contributed by atoms with E-state index in [9.17, 15) is 0 Å². The fraction of sp³-hybridized carbons (Fsp3) is 0.727. The summed E-state index contributed by atoms with van der Waals surface area (Å²) in [5.74, 6) is 0. The number of aryl methyl sites for hydroxylation is 1. The fourth-order valence-electron chi connectivity index (χ4n) is 2.11. The summed E-state index contributed by atoms with van der Waals surface area (Å²) >= 11 is 3.58. The molecule has 0 saturated heterocycles. The minimum Gasteiger partial charge on any atom is -0.308 e. The van der Waals surface area contributed by atoms with E-state index in [4.69, 9.17) is 0 Å². The van der Waals surface area contributed by atoms with E-state index in [0.717, 1.165) is 11.0 Å². The van der Waals surface area contributed by atoms with Crippen LogP contribution >= 0.6 is 15.9 Å². The summed E-state index contributed by atoms with van der Waals surface area (Å²) in [4.78, 5) is 0. The van der Waals surface area contributed by atoms with Gasteiger partial charge in [0.15, 0.2) is 0 Å². The van der Waals surface area contributed by atoms with Gasteiger partial charge >= 0.3 is 0 Å². The molecule has 1 N–H and O–H groups in total. The molecule has 84 valence electrons. The number of aromatic nitrogens is 2. The Morgan fingerprint density at radius 1 is 1.67 bits per heavy atom. The van der Waals surface area contributed by atoms with Gasteiger partial charge < -0.3 is 5.32 Å². The molecule has 3 nitrogen and oxygen atoms in total. The molecular formula is C11H18BrN3. The van der Waals surface area contributed by atoms with Crippen molar-refractivity contribution in [2.75, 3.05) is 6.54 Å². The number of hydrogen-bond donors (Lipinski definition) is 1. The first-order valence-electron chi connectivity index (χ1n) is 5.49. The fourth-order valence-corrected chi connectivity index (χ4v) is 2.69. The molecule has 1 aliphatic rings. The zero-order valence-corrected chi connectivity index (χ0v) is 11.1. The van der Waals surface area contributed by atoms with Crippen molar-refractivity contribution in [1.82, 2.24) is 15.1 Å². The Morgan fingerprint density at radius 3 is 2.73 bits per heavy atom. The molecular weight excluding hydrogens is 254 g/mol. The summed E-state index contributed by atoms with van der Waals surface area (Å²) in [5.41, 5.74) is 1.70. The normalized spacial score (nSPS) is 20.3. The van der Waals surface area contributed by atoms with Crippen LogP contribution in [-0.2, 0) is 7.05 Å². The van der Waals surface area contributed by atoms with E-state index in [0.29, 0.717) is 11.5 Å². The van der Waals surface area contributed by atoms with Crippen LogP contribution in [-0.4, -0.2) is 16.3 Å². The molecule has 1 aromatic heterocycles. The molecule has 0 aliphatic heterocycles. The van der Waals surface area contributed by atoms with Crippen LogP contribution in [0.25, 0.3) is 0 Å². The lowest BCUT2D eigenvalue weighted by molar-refractivity contribution is 0.353. The first kappa shape index (κ1) is 11.1. The minimum atomic E-state index is 0.421. The van der Waals surface area contributed by atoms with Gasteiger partial charge in [0.1, 0.15) is 0 Å². The van der Waals surface area contributed by atoms with Gasteiger partial charge in [0.25, 0.3) is 0 Å². The lowest BCUT2D eigenvalue weighted by Gasteiger charge is -2.25. The highest BCUT2D eigenvalue weighted by molar-refractivity contribution is 9.10. The standard InChI is InChI=1S/C11H18BrN3/c1-4-13-10(11(2)5-6-11)9-8(12)7-14-15(9)3/h7,10,13H,4-6H2,1-3H3. The summed E-state index contributed by atoms with van der Waals surface area (Å²) < 4.78 is 3.09. The Kier molecular flexibility index (Phi) is 2.90. The quantitative estimate of drug-likeness (QED) is 0.913. The van der Waals surface area contributed by atoms with Crippen LogP contribution in [0, 0.1) is 5.41 Å². The predicted molar refractivity (Wildman–Crippen MR) is 64.7 cm³/mol. The highest BCUT2D eigenvalue weighted by Gasteiger charge is 2.46. The first-order chi connectivity index (χ1) is 7.08. The first-order valence-corrected chi connectivity index (χ1v) is 6.28. The van der Waals surface area contributed by atoms with E-state index in [-0.39, 0.29) is 0 Å². The number of hydrogen-bond acceptors (Lipinski definition) is 2. The summed E-state index contributed by atoms with van der Waals surface area (Å²) in [5, 5.41) is 7.87. The van der Waals surface area contributed by atoms with Crippen LogP contribution in [0.4, 0.5) is 0 Å². The highest BCUT2D eigenvalue weighted by atomic mass is 79.9. The maximum absolute atomic E-state index is 4.29. The lowest BCUT2D eigenvalue weighted by atomic mass is 9.95. The third-order valence-electron chi connectivity index (χ3n) is 3.35. The molecule has 0 aromatic carbocycles. The van der Waals surface area contributed by atoms with Gasteiger partial charge in [-0.15, -0.1) is 0 Å². The summed E-state index contributed by atoms with van der Waals surface area (Å²) in [7, 11) is 2.01. The Morgan fingerprint density at radius 2 is 2.33 bits per heavy atom. The Balaban J connectivity index is 2.32. The maximum atomic E-state index is 4.29. The molecule has 0 bridgehead atoms. The minimum absolute atomic E-state index is 0.421. The van der Waals surface area contributed by atoms with Gasteiger partial charge in [0.05, 0.1) is 22.4 Å². The zero-order chi connectivity index (χ0) is 11.1. The molecule has 1 saturated carbocycles. The SMILES string of the molecule is CCNC(c1c(Br)cnn1C)C1(C)CC1. The molecule has 1 aromatic rings. The predicted octanol–water partition coefficient (Wildman–Crippen LogP) is 2.63. The van der Waals surface area contributed by atoms with Gasteiger partial charge in [0.2, 0.25) is 0 Å². The van der Waals surface area contributed by atoms with Gasteiger partial charge in [-0.3, -0.25) is 4.68 Å². The van der Waals surface area contributed by atoms with Crippen LogP contribution in [0.5, 0.6) is 0 Å². The van der Waals surface area contributed by atoms with Crippen LogP contribution in [0.3, 0.4) is 0 Å². The largest absolute Gasteiger partial charge is 0.308 e. The van der Waals surface area contributed by atoms with Gasteiger partial charge in [-0.25, -0.2) is 0 Å². The number of nitrogens with zero attached hydrogens (tertiary/aromatic N) is 2. The third-order valence-corrected chi connectivity index (χ3v) is 3.97. The van der Waals surface area contributed by atoms with E-state index < -0.39 is 0 Å². The van der Waals surface area contributed by atoms with Crippen LogP contribution in [0.1, 0.15) is 38.4 Å². The van der Waals surface area contributed by atoms with Gasteiger partial charge in [-0.05, 0) is 40.7 Å². The Bertz CT molecular complexity index is 335. The van der Waals surface area contributed by atoms with Crippen molar-refractivity contribution in [1.29, 1.82) is 0 Å². The molecule has 1 atom stereocenters. The topological polar surface area (TPSA) is 29.9 Å². The average molecular weight is 272 g/mol. The monoisotopic (exact) mass is 271 g/mol. The zero-order valence-electron chi connectivity index (χ0n) is 9.55. The molecule has 1 fully saturated rings. The third kappa shape index (κ3) is 1.97. The van der Waals surface area contributed by atoms with Crippen molar-refractivity contribution >= 4 is 15.9 Å². The molecule has 4 heteroatoms. The number of nitrogens with one attached hydrogen (secondary N) is 1. The van der Waals surface area contributed by atoms with Crippen LogP contribution in [0.15, 0.2) is 10.7 Å². The van der Waals surface area contributed by atoms with Crippen molar-refractivity contribution in [3.05, 3.63) is 16.4 Å². The summed E-state index contributed by atoms with van der Waals surface area (Å²) in [6, 6.07) is 0.421. The lowest BCUT2D eigenvalue weighted by Crippen LogP contribution is -2.30. The second kappa shape index (κ2) is 3.91. The molecule has 1 heterocycles. The molecule has 0 radical (unpaired) electrons. The van der Waals surface area contributed by atoms with E-state index in [1.54, 1.807) is 0 Å². The van der Waals surface area contributed by atoms with Crippen LogP contribution < -0.4 is 5.32 Å². The summed E-state index contributed by atoms with van der Waals surface area (Å²) in [6.07, 6.45) is 4.50. The summed E-state index contributed by atoms with van der Waals surface area (Å²) in [6.45, 7) is 5.50. The Labute approximate surface area is 99.4 Å². The second-order valence-corrected chi connectivity index (χ2v) is 5.50. The molecule has 1 aliphatic carbocycles. The smallest absolute Gasteiger partial charge is 0.0697 e. The van der Waals surface area contributed by atoms with E-state index in [1.807, 2.05) is 17.9 Å². The molecule has 15 heavy (non-hydrogen) atoms. The molecule has 2 rings (SSSR count). The van der Waals surface area contributed by atoms with E-state index in [2.05, 4.69) is 40.2 Å². The highest BCUT2D eigenvalue weighted by Crippen LogP contribution is 2.55. The molecule has 1 unspecified atom stereocenters. The van der Waals surface area contributed by atoms with Crippen molar-refractivity contribution < 1.29 is 0 Å². The Hall–Kier alpha value is -0.350. The van der Waals surface area contributed by atoms with Gasteiger partial charge in [-0.1, -0.05) is 13.8 Å². The number of rotatable bonds is 4. The maximum Gasteiger partial charge on any atom is 0.0697 e. The van der Waals surface area contributed by atoms with Crippen molar-refractivity contribution in [3.63, 3.8) is 0 Å².